The van der Waals surface area contributed by atoms with Crippen LogP contribution in [0.3, 0.4) is 0 Å². The average molecular weight is 591 g/mol. The Balaban J connectivity index is 1.28. The molecule has 0 bridgehead atoms. The number of benzene rings is 7. The summed E-state index contributed by atoms with van der Waals surface area (Å²) in [5, 5.41) is 7.73. The minimum absolute atomic E-state index is 1.17. The lowest BCUT2D eigenvalue weighted by Gasteiger charge is -2.12. The number of hydrogen-bond acceptors (Lipinski definition) is 1. The molecule has 0 aliphatic heterocycles. The van der Waals surface area contributed by atoms with Crippen molar-refractivity contribution < 1.29 is 0 Å². The predicted molar refractivity (Wildman–Crippen MR) is 193 cm³/mol. The average Bonchev–Trinajstić information content (AvgIpc) is 3.76. The van der Waals surface area contributed by atoms with E-state index in [1.165, 1.54) is 86.3 Å². The Morgan fingerprint density at radius 3 is 1.89 bits per heavy atom. The molecule has 0 atom stereocenters. The van der Waals surface area contributed by atoms with Crippen molar-refractivity contribution in [3.8, 4) is 22.5 Å². The van der Waals surface area contributed by atoms with Gasteiger partial charge in [0.25, 0.3) is 0 Å². The molecule has 3 heterocycles. The summed E-state index contributed by atoms with van der Waals surface area (Å²) in [6, 6.07) is 57.6. The van der Waals surface area contributed by atoms with Gasteiger partial charge in [-0.1, -0.05) is 97.1 Å². The maximum atomic E-state index is 2.47. The summed E-state index contributed by atoms with van der Waals surface area (Å²) in [5.74, 6) is 0. The number of para-hydroxylation sites is 3. The Labute approximate surface area is 263 Å². The molecule has 0 amide bonds. The summed E-state index contributed by atoms with van der Waals surface area (Å²) in [4.78, 5) is 0. The molecule has 0 spiro atoms. The second-order valence-electron chi connectivity index (χ2n) is 11.7. The van der Waals surface area contributed by atoms with Crippen LogP contribution >= 0.6 is 11.3 Å². The lowest BCUT2D eigenvalue weighted by Crippen LogP contribution is -1.96. The van der Waals surface area contributed by atoms with Gasteiger partial charge in [0.1, 0.15) is 0 Å². The standard InChI is InChI=1S/C42H26N2S/c1-2-12-28(13-3-1)43-35-19-8-5-15-31(35)42-37(43)20-11-21-38(42)44-34-18-7-4-14-30(34)33-26-27(24-25-36(33)44)29-17-10-23-40-41(29)32-16-6-9-22-39(32)45-40/h1-26H. The topological polar surface area (TPSA) is 9.86 Å². The van der Waals surface area contributed by atoms with Gasteiger partial charge >= 0.3 is 0 Å². The van der Waals surface area contributed by atoms with Crippen LogP contribution in [0.2, 0.25) is 0 Å². The Kier molecular flexibility index (Phi) is 5.19. The number of nitrogens with zero attached hydrogens (tertiary/aromatic N) is 2. The highest BCUT2D eigenvalue weighted by atomic mass is 32.1. The summed E-state index contributed by atoms with van der Waals surface area (Å²) in [7, 11) is 0. The molecular formula is C42H26N2S. The van der Waals surface area contributed by atoms with Crippen LogP contribution in [0.1, 0.15) is 0 Å². The third-order valence-corrected chi connectivity index (χ3v) is 10.5. The fraction of sp³-hybridized carbons (Fsp3) is 0. The number of aromatic nitrogens is 2. The first-order valence-electron chi connectivity index (χ1n) is 15.4. The van der Waals surface area contributed by atoms with Gasteiger partial charge in [0.15, 0.2) is 0 Å². The Hall–Kier alpha value is -5.64. The molecule has 0 N–H and O–H groups in total. The zero-order valence-corrected chi connectivity index (χ0v) is 25.1. The highest BCUT2D eigenvalue weighted by Crippen LogP contribution is 2.43. The van der Waals surface area contributed by atoms with Crippen LogP contribution in [0.4, 0.5) is 0 Å². The molecule has 0 aliphatic carbocycles. The fourth-order valence-corrected chi connectivity index (χ4v) is 8.59. The lowest BCUT2D eigenvalue weighted by atomic mass is 9.98. The summed E-state index contributed by atoms with van der Waals surface area (Å²) < 4.78 is 7.53. The van der Waals surface area contributed by atoms with Crippen molar-refractivity contribution in [1.29, 1.82) is 0 Å². The van der Waals surface area contributed by atoms with Crippen LogP contribution in [0.25, 0.3) is 86.3 Å². The molecular weight excluding hydrogens is 565 g/mol. The van der Waals surface area contributed by atoms with E-state index in [2.05, 4.69) is 167 Å². The molecule has 0 unspecified atom stereocenters. The SMILES string of the molecule is c1ccc(-n2c3ccccc3c3c(-n4c5ccccc5c5cc(-c6cccc7sc8ccccc8c67)ccc54)cccc32)cc1. The van der Waals surface area contributed by atoms with E-state index in [-0.39, 0.29) is 0 Å². The molecule has 0 saturated heterocycles. The molecule has 3 heteroatoms. The smallest absolute Gasteiger partial charge is 0.0562 e. The summed E-state index contributed by atoms with van der Waals surface area (Å²) in [6.07, 6.45) is 0. The molecule has 10 rings (SSSR count). The van der Waals surface area contributed by atoms with Gasteiger partial charge in [-0.3, -0.25) is 0 Å². The fourth-order valence-electron chi connectivity index (χ4n) is 7.46. The number of hydrogen-bond donors (Lipinski definition) is 0. The quantitative estimate of drug-likeness (QED) is 0.194. The number of fused-ring (bicyclic) bond motifs is 9. The van der Waals surface area contributed by atoms with Gasteiger partial charge in [0.05, 0.1) is 27.8 Å². The van der Waals surface area contributed by atoms with E-state index in [0.29, 0.717) is 0 Å². The Morgan fingerprint density at radius 2 is 1.02 bits per heavy atom. The molecule has 10 aromatic rings. The minimum Gasteiger partial charge on any atom is -0.309 e. The van der Waals surface area contributed by atoms with E-state index in [4.69, 9.17) is 0 Å². The first-order valence-corrected chi connectivity index (χ1v) is 16.2. The van der Waals surface area contributed by atoms with Crippen molar-refractivity contribution in [3.63, 3.8) is 0 Å². The third kappa shape index (κ3) is 3.50. The summed E-state index contributed by atoms with van der Waals surface area (Å²) in [6.45, 7) is 0. The first kappa shape index (κ1) is 24.8. The first-order chi connectivity index (χ1) is 22.3. The third-order valence-electron chi connectivity index (χ3n) is 9.32. The van der Waals surface area contributed by atoms with E-state index in [0.717, 1.165) is 0 Å². The number of rotatable bonds is 3. The summed E-state index contributed by atoms with van der Waals surface area (Å²) in [5.41, 5.74) is 9.75. The molecule has 45 heavy (non-hydrogen) atoms. The molecule has 0 fully saturated rings. The zero-order valence-electron chi connectivity index (χ0n) is 24.3. The van der Waals surface area contributed by atoms with E-state index in [9.17, 15) is 0 Å². The van der Waals surface area contributed by atoms with E-state index < -0.39 is 0 Å². The molecule has 0 aliphatic rings. The maximum absolute atomic E-state index is 2.47. The van der Waals surface area contributed by atoms with E-state index >= 15 is 0 Å². The Bertz CT molecular complexity index is 2760. The highest BCUT2D eigenvalue weighted by Gasteiger charge is 2.20. The molecule has 0 radical (unpaired) electrons. The largest absolute Gasteiger partial charge is 0.309 e. The van der Waals surface area contributed by atoms with Crippen molar-refractivity contribution in [2.24, 2.45) is 0 Å². The van der Waals surface area contributed by atoms with Gasteiger partial charge in [0.2, 0.25) is 0 Å². The van der Waals surface area contributed by atoms with Gasteiger partial charge in [-0.2, -0.15) is 0 Å². The van der Waals surface area contributed by atoms with Crippen LogP contribution in [0, 0.1) is 0 Å². The molecule has 7 aromatic carbocycles. The molecule has 0 saturated carbocycles. The van der Waals surface area contributed by atoms with Crippen molar-refractivity contribution in [2.75, 3.05) is 0 Å². The zero-order chi connectivity index (χ0) is 29.5. The van der Waals surface area contributed by atoms with Crippen LogP contribution in [-0.4, -0.2) is 9.13 Å². The lowest BCUT2D eigenvalue weighted by molar-refractivity contribution is 1.17. The molecule has 2 nitrogen and oxygen atoms in total. The predicted octanol–water partition coefficient (Wildman–Crippen LogP) is 11.9. The van der Waals surface area contributed by atoms with E-state index in [1.54, 1.807) is 0 Å². The van der Waals surface area contributed by atoms with Gasteiger partial charge < -0.3 is 9.13 Å². The van der Waals surface area contributed by atoms with Crippen molar-refractivity contribution >= 4 is 75.1 Å². The maximum Gasteiger partial charge on any atom is 0.0562 e. The summed E-state index contributed by atoms with van der Waals surface area (Å²) >= 11 is 1.87. The van der Waals surface area contributed by atoms with Crippen LogP contribution < -0.4 is 0 Å². The van der Waals surface area contributed by atoms with Gasteiger partial charge in [-0.15, -0.1) is 11.3 Å². The van der Waals surface area contributed by atoms with Gasteiger partial charge in [-0.25, -0.2) is 0 Å². The second kappa shape index (κ2) is 9.43. The van der Waals surface area contributed by atoms with Crippen molar-refractivity contribution in [2.45, 2.75) is 0 Å². The van der Waals surface area contributed by atoms with Crippen LogP contribution in [0.15, 0.2) is 158 Å². The monoisotopic (exact) mass is 590 g/mol. The Morgan fingerprint density at radius 1 is 0.378 bits per heavy atom. The van der Waals surface area contributed by atoms with Crippen molar-refractivity contribution in [3.05, 3.63) is 158 Å². The van der Waals surface area contributed by atoms with E-state index in [1.807, 2.05) is 11.3 Å². The minimum atomic E-state index is 1.17. The molecule has 3 aromatic heterocycles. The van der Waals surface area contributed by atoms with Crippen LogP contribution in [-0.2, 0) is 0 Å². The normalized spacial score (nSPS) is 12.0. The van der Waals surface area contributed by atoms with Crippen LogP contribution in [0.5, 0.6) is 0 Å². The molecule has 210 valence electrons. The number of thiophene rings is 1. The second-order valence-corrected chi connectivity index (χ2v) is 12.8. The highest BCUT2D eigenvalue weighted by molar-refractivity contribution is 7.25. The van der Waals surface area contributed by atoms with Gasteiger partial charge in [0, 0.05) is 47.4 Å². The van der Waals surface area contributed by atoms with Crippen molar-refractivity contribution in [1.82, 2.24) is 9.13 Å². The van der Waals surface area contributed by atoms with Gasteiger partial charge in [-0.05, 0) is 71.8 Å².